The van der Waals surface area contributed by atoms with Gasteiger partial charge in [0.25, 0.3) is 0 Å². The fourth-order valence-electron chi connectivity index (χ4n) is 3.02. The van der Waals surface area contributed by atoms with Crippen molar-refractivity contribution in [3.63, 3.8) is 0 Å². The van der Waals surface area contributed by atoms with E-state index < -0.39 is 0 Å². The van der Waals surface area contributed by atoms with Crippen LogP contribution in [0.25, 0.3) is 0 Å². The van der Waals surface area contributed by atoms with Crippen LogP contribution < -0.4 is 5.32 Å². The number of aromatic amines is 1. The van der Waals surface area contributed by atoms with Crippen LogP contribution in [-0.4, -0.2) is 71.5 Å². The molecule has 1 amide bonds. The maximum atomic E-state index is 12.2. The second-order valence-corrected chi connectivity index (χ2v) is 6.78. The van der Waals surface area contributed by atoms with Crippen molar-refractivity contribution in [2.45, 2.75) is 44.8 Å². The smallest absolute Gasteiger partial charge is 0.234 e. The number of rotatable bonds is 5. The van der Waals surface area contributed by atoms with Crippen molar-refractivity contribution in [2.24, 2.45) is 0 Å². The number of morpholine rings is 1. The largest absolute Gasteiger partial charge is 0.381 e. The average Bonchev–Trinajstić information content (AvgIpc) is 3.06. The number of ether oxygens (including phenoxy) is 2. The Morgan fingerprint density at radius 1 is 1.38 bits per heavy atom. The zero-order valence-electron chi connectivity index (χ0n) is 14.5. The Hall–Kier alpha value is -1.51. The molecule has 8 nitrogen and oxygen atoms in total. The predicted molar refractivity (Wildman–Crippen MR) is 87.6 cm³/mol. The first-order chi connectivity index (χ1) is 11.6. The molecule has 1 atom stereocenters. The van der Waals surface area contributed by atoms with Gasteiger partial charge in [0.05, 0.1) is 13.2 Å². The highest BCUT2D eigenvalue weighted by atomic mass is 16.5. The number of aromatic nitrogens is 3. The van der Waals surface area contributed by atoms with Crippen molar-refractivity contribution in [1.82, 2.24) is 25.4 Å². The summed E-state index contributed by atoms with van der Waals surface area (Å²) in [5.41, 5.74) is 0. The highest BCUT2D eigenvalue weighted by Gasteiger charge is 2.27. The molecular weight excluding hydrogens is 310 g/mol. The lowest BCUT2D eigenvalue weighted by molar-refractivity contribution is -0.125. The third-order valence-corrected chi connectivity index (χ3v) is 4.45. The van der Waals surface area contributed by atoms with E-state index in [2.05, 4.69) is 39.2 Å². The van der Waals surface area contributed by atoms with Gasteiger partial charge in [0.15, 0.2) is 11.6 Å². The lowest BCUT2D eigenvalue weighted by atomic mass is 10.1. The molecule has 3 rings (SSSR count). The Kier molecular flexibility index (Phi) is 5.80. The molecule has 3 heterocycles. The zero-order chi connectivity index (χ0) is 16.9. The van der Waals surface area contributed by atoms with Crippen LogP contribution in [0.2, 0.25) is 0 Å². The molecule has 0 spiro atoms. The third kappa shape index (κ3) is 4.52. The molecule has 0 aromatic carbocycles. The molecule has 0 saturated carbocycles. The number of carbonyl (C=O) groups excluding carboxylic acids is 1. The first kappa shape index (κ1) is 17.3. The summed E-state index contributed by atoms with van der Waals surface area (Å²) in [6.07, 6.45) is 1.63. The zero-order valence-corrected chi connectivity index (χ0v) is 14.5. The van der Waals surface area contributed by atoms with Gasteiger partial charge in [0, 0.05) is 38.3 Å². The quantitative estimate of drug-likeness (QED) is 0.817. The van der Waals surface area contributed by atoms with E-state index in [1.807, 2.05) is 0 Å². The van der Waals surface area contributed by atoms with Gasteiger partial charge < -0.3 is 14.8 Å². The molecule has 1 aromatic rings. The van der Waals surface area contributed by atoms with Crippen LogP contribution in [-0.2, 0) is 14.3 Å². The van der Waals surface area contributed by atoms with Crippen molar-refractivity contribution in [1.29, 1.82) is 0 Å². The maximum Gasteiger partial charge on any atom is 0.234 e. The SMILES string of the molecule is CC(C)c1n[nH]c(C2CN(CC(=O)NC3CCOCC3)CCO2)n1. The molecule has 1 aromatic heterocycles. The molecule has 2 saturated heterocycles. The minimum Gasteiger partial charge on any atom is -0.381 e. The first-order valence-electron chi connectivity index (χ1n) is 8.75. The average molecular weight is 337 g/mol. The minimum atomic E-state index is -0.158. The van der Waals surface area contributed by atoms with Gasteiger partial charge in [-0.3, -0.25) is 14.8 Å². The first-order valence-corrected chi connectivity index (χ1v) is 8.75. The summed E-state index contributed by atoms with van der Waals surface area (Å²) < 4.78 is 11.1. The van der Waals surface area contributed by atoms with Crippen molar-refractivity contribution in [3.8, 4) is 0 Å². The van der Waals surface area contributed by atoms with Crippen molar-refractivity contribution >= 4 is 5.91 Å². The number of carbonyl (C=O) groups is 1. The highest BCUT2D eigenvalue weighted by molar-refractivity contribution is 5.78. The Bertz CT molecular complexity index is 542. The van der Waals surface area contributed by atoms with Crippen LogP contribution in [0, 0.1) is 0 Å². The molecule has 0 bridgehead atoms. The van der Waals surface area contributed by atoms with Crippen molar-refractivity contribution < 1.29 is 14.3 Å². The Morgan fingerprint density at radius 3 is 2.88 bits per heavy atom. The summed E-state index contributed by atoms with van der Waals surface area (Å²) in [5.74, 6) is 1.89. The molecule has 2 aliphatic heterocycles. The number of nitrogens with one attached hydrogen (secondary N) is 2. The maximum absolute atomic E-state index is 12.2. The van der Waals surface area contributed by atoms with Crippen LogP contribution in [0.4, 0.5) is 0 Å². The molecule has 1 unspecified atom stereocenters. The van der Waals surface area contributed by atoms with Crippen molar-refractivity contribution in [3.05, 3.63) is 11.6 Å². The van der Waals surface area contributed by atoms with Gasteiger partial charge in [-0.15, -0.1) is 0 Å². The number of amides is 1. The fourth-order valence-corrected chi connectivity index (χ4v) is 3.02. The molecule has 2 fully saturated rings. The number of hydrogen-bond acceptors (Lipinski definition) is 6. The summed E-state index contributed by atoms with van der Waals surface area (Å²) in [7, 11) is 0. The Labute approximate surface area is 142 Å². The summed E-state index contributed by atoms with van der Waals surface area (Å²) in [5, 5.41) is 10.3. The topological polar surface area (TPSA) is 92.4 Å². The monoisotopic (exact) mass is 337 g/mol. The second kappa shape index (κ2) is 8.04. The molecule has 2 N–H and O–H groups in total. The van der Waals surface area contributed by atoms with Crippen LogP contribution in [0.1, 0.15) is 50.4 Å². The van der Waals surface area contributed by atoms with E-state index in [0.29, 0.717) is 19.7 Å². The van der Waals surface area contributed by atoms with E-state index in [1.165, 1.54) is 0 Å². The van der Waals surface area contributed by atoms with E-state index >= 15 is 0 Å². The second-order valence-electron chi connectivity index (χ2n) is 6.78. The lowest BCUT2D eigenvalue weighted by Gasteiger charge is -2.32. The highest BCUT2D eigenvalue weighted by Crippen LogP contribution is 2.20. The minimum absolute atomic E-state index is 0.0722. The molecular formula is C16H27N5O3. The van der Waals surface area contributed by atoms with Crippen LogP contribution >= 0.6 is 0 Å². The fraction of sp³-hybridized carbons (Fsp3) is 0.812. The third-order valence-electron chi connectivity index (χ3n) is 4.45. The predicted octanol–water partition coefficient (Wildman–Crippen LogP) is 0.597. The summed E-state index contributed by atoms with van der Waals surface area (Å²) >= 11 is 0. The summed E-state index contributed by atoms with van der Waals surface area (Å²) in [6, 6.07) is 0.242. The Morgan fingerprint density at radius 2 is 2.17 bits per heavy atom. The van der Waals surface area contributed by atoms with Gasteiger partial charge in [0.1, 0.15) is 6.10 Å². The summed E-state index contributed by atoms with van der Waals surface area (Å²) in [4.78, 5) is 18.9. The van der Waals surface area contributed by atoms with Gasteiger partial charge in [-0.1, -0.05) is 13.8 Å². The van der Waals surface area contributed by atoms with E-state index in [0.717, 1.165) is 44.2 Å². The Balaban J connectivity index is 1.50. The van der Waals surface area contributed by atoms with Gasteiger partial charge in [-0.05, 0) is 12.8 Å². The number of nitrogens with zero attached hydrogens (tertiary/aromatic N) is 3. The van der Waals surface area contributed by atoms with E-state index in [-0.39, 0.29) is 24.0 Å². The molecule has 0 radical (unpaired) electrons. The van der Waals surface area contributed by atoms with Crippen LogP contribution in [0.3, 0.4) is 0 Å². The number of hydrogen-bond donors (Lipinski definition) is 2. The van der Waals surface area contributed by atoms with Gasteiger partial charge in [0.2, 0.25) is 5.91 Å². The molecule has 24 heavy (non-hydrogen) atoms. The van der Waals surface area contributed by atoms with Gasteiger partial charge in [-0.2, -0.15) is 5.10 Å². The molecule has 134 valence electrons. The lowest BCUT2D eigenvalue weighted by Crippen LogP contribution is -2.47. The van der Waals surface area contributed by atoms with E-state index in [9.17, 15) is 4.79 Å². The van der Waals surface area contributed by atoms with E-state index in [4.69, 9.17) is 9.47 Å². The molecule has 0 aliphatic carbocycles. The molecule has 8 heteroatoms. The van der Waals surface area contributed by atoms with Gasteiger partial charge in [-0.25, -0.2) is 4.98 Å². The normalized spacial score (nSPS) is 23.5. The standard InChI is InChI=1S/C16H27N5O3/c1-11(2)15-18-16(20-19-15)13-9-21(5-8-24-13)10-14(22)17-12-3-6-23-7-4-12/h11-13H,3-10H2,1-2H3,(H,17,22)(H,18,19,20). The number of H-pyrrole nitrogens is 1. The van der Waals surface area contributed by atoms with Gasteiger partial charge >= 0.3 is 0 Å². The van der Waals surface area contributed by atoms with E-state index in [1.54, 1.807) is 0 Å². The van der Waals surface area contributed by atoms with Crippen molar-refractivity contribution in [2.75, 3.05) is 39.5 Å². The molecule has 2 aliphatic rings. The summed E-state index contributed by atoms with van der Waals surface area (Å²) in [6.45, 7) is 7.96. The van der Waals surface area contributed by atoms with Crippen LogP contribution in [0.15, 0.2) is 0 Å². The van der Waals surface area contributed by atoms with Crippen LogP contribution in [0.5, 0.6) is 0 Å².